The van der Waals surface area contributed by atoms with Gasteiger partial charge in [0.05, 0.1) is 13.1 Å². The Morgan fingerprint density at radius 3 is 2.38 bits per heavy atom. The summed E-state index contributed by atoms with van der Waals surface area (Å²) in [4.78, 5) is 32.3. The molecule has 5 heteroatoms. The van der Waals surface area contributed by atoms with Crippen LogP contribution in [0.15, 0.2) is 42.5 Å². The van der Waals surface area contributed by atoms with Crippen molar-refractivity contribution in [1.29, 1.82) is 0 Å². The average Bonchev–Trinajstić information content (AvgIpc) is 3.08. The van der Waals surface area contributed by atoms with E-state index < -0.39 is 0 Å². The lowest BCUT2D eigenvalue weighted by Gasteiger charge is -2.33. The number of carbonyl (C=O) groups is 2. The van der Waals surface area contributed by atoms with E-state index in [4.69, 9.17) is 0 Å². The first-order valence-electron chi connectivity index (χ1n) is 10.7. The van der Waals surface area contributed by atoms with E-state index in [1.807, 2.05) is 40.1 Å². The summed E-state index contributed by atoms with van der Waals surface area (Å²) < 4.78 is 0. The Labute approximate surface area is 178 Å². The minimum Gasteiger partial charge on any atom is -0.333 e. The lowest BCUT2D eigenvalue weighted by Crippen LogP contribution is -2.46. The molecule has 4 nitrogen and oxygen atoms in total. The fourth-order valence-corrected chi connectivity index (χ4v) is 4.49. The molecule has 1 aromatic carbocycles. The molecule has 3 rings (SSSR count). The molecular formula is C24H32N2O2S. The molecule has 156 valence electrons. The maximum atomic E-state index is 13.3. The van der Waals surface area contributed by atoms with Crippen LogP contribution in [-0.4, -0.2) is 34.7 Å². The average molecular weight is 413 g/mol. The molecule has 0 bridgehead atoms. The highest BCUT2D eigenvalue weighted by atomic mass is 32.1. The van der Waals surface area contributed by atoms with Crippen LogP contribution >= 0.6 is 11.3 Å². The fraction of sp³-hybridized carbons (Fsp3) is 0.500. The van der Waals surface area contributed by atoms with Gasteiger partial charge >= 0.3 is 0 Å². The number of unbranched alkanes of at least 4 members (excludes halogenated alkanes) is 1. The van der Waals surface area contributed by atoms with Gasteiger partial charge < -0.3 is 9.80 Å². The van der Waals surface area contributed by atoms with Gasteiger partial charge in [0.2, 0.25) is 11.8 Å². The van der Waals surface area contributed by atoms with Crippen molar-refractivity contribution in [2.45, 2.75) is 59.0 Å². The number of thiophene rings is 1. The molecule has 0 unspecified atom stereocenters. The Balaban J connectivity index is 1.72. The Bertz CT molecular complexity index is 798. The molecule has 0 radical (unpaired) electrons. The Kier molecular flexibility index (Phi) is 7.87. The van der Waals surface area contributed by atoms with Crippen molar-refractivity contribution in [3.8, 4) is 0 Å². The zero-order valence-corrected chi connectivity index (χ0v) is 18.4. The third-order valence-corrected chi connectivity index (χ3v) is 6.57. The molecule has 1 heterocycles. The van der Waals surface area contributed by atoms with Crippen molar-refractivity contribution >= 4 is 23.2 Å². The molecule has 0 atom stereocenters. The first kappa shape index (κ1) is 21.6. The van der Waals surface area contributed by atoms with Gasteiger partial charge in [0, 0.05) is 28.8 Å². The zero-order valence-electron chi connectivity index (χ0n) is 17.6. The monoisotopic (exact) mass is 412 g/mol. The van der Waals surface area contributed by atoms with E-state index in [1.165, 1.54) is 9.75 Å². The molecule has 1 fully saturated rings. The summed E-state index contributed by atoms with van der Waals surface area (Å²) in [6.45, 7) is 6.22. The molecule has 0 spiro atoms. The van der Waals surface area contributed by atoms with E-state index in [1.54, 1.807) is 11.3 Å². The highest BCUT2D eigenvalue weighted by molar-refractivity contribution is 7.11. The Hall–Kier alpha value is -2.14. The van der Waals surface area contributed by atoms with Crippen LogP contribution in [0.4, 0.5) is 0 Å². The van der Waals surface area contributed by atoms with E-state index in [0.717, 1.165) is 37.7 Å². The van der Waals surface area contributed by atoms with Gasteiger partial charge in [-0.3, -0.25) is 9.59 Å². The number of hydrogen-bond acceptors (Lipinski definition) is 3. The maximum absolute atomic E-state index is 13.3. The summed E-state index contributed by atoms with van der Waals surface area (Å²) in [5.74, 6) is 0.329. The minimum atomic E-state index is 0.0312. The van der Waals surface area contributed by atoms with Crippen molar-refractivity contribution in [3.63, 3.8) is 0 Å². The van der Waals surface area contributed by atoms with Crippen molar-refractivity contribution in [2.75, 3.05) is 13.1 Å². The number of hydrogen-bond donors (Lipinski definition) is 0. The smallest absolute Gasteiger partial charge is 0.242 e. The number of nitrogens with zero attached hydrogens (tertiary/aromatic N) is 2. The van der Waals surface area contributed by atoms with Gasteiger partial charge in [0.1, 0.15) is 0 Å². The largest absolute Gasteiger partial charge is 0.333 e. The number of amides is 2. The normalized spacial score (nSPS) is 13.7. The van der Waals surface area contributed by atoms with E-state index in [0.29, 0.717) is 19.6 Å². The molecule has 2 amide bonds. The molecule has 1 saturated carbocycles. The molecule has 1 aromatic heterocycles. The summed E-state index contributed by atoms with van der Waals surface area (Å²) in [5.41, 5.74) is 1.11. The number of rotatable bonds is 10. The Morgan fingerprint density at radius 1 is 1.03 bits per heavy atom. The van der Waals surface area contributed by atoms with Gasteiger partial charge in [-0.2, -0.15) is 0 Å². The molecular weight excluding hydrogens is 380 g/mol. The van der Waals surface area contributed by atoms with Gasteiger partial charge in [-0.1, -0.05) is 50.1 Å². The van der Waals surface area contributed by atoms with Gasteiger partial charge in [0.15, 0.2) is 0 Å². The van der Waals surface area contributed by atoms with Crippen LogP contribution < -0.4 is 0 Å². The second-order valence-electron chi connectivity index (χ2n) is 7.99. The van der Waals surface area contributed by atoms with Crippen LogP contribution in [0.25, 0.3) is 0 Å². The van der Waals surface area contributed by atoms with Crippen LogP contribution in [-0.2, 0) is 22.7 Å². The first-order chi connectivity index (χ1) is 14.1. The zero-order chi connectivity index (χ0) is 20.6. The highest BCUT2D eigenvalue weighted by Gasteiger charge is 2.31. The van der Waals surface area contributed by atoms with Crippen LogP contribution in [0.5, 0.6) is 0 Å². The van der Waals surface area contributed by atoms with E-state index >= 15 is 0 Å². The Morgan fingerprint density at radius 2 is 1.79 bits per heavy atom. The molecule has 0 saturated heterocycles. The van der Waals surface area contributed by atoms with Crippen LogP contribution in [0.1, 0.15) is 54.3 Å². The molecule has 2 aromatic rings. The van der Waals surface area contributed by atoms with Crippen LogP contribution in [0.3, 0.4) is 0 Å². The number of aryl methyl sites for hydroxylation is 1. The SMILES string of the molecule is CCCCN(CC(=O)N(Cc1ccccc1)Cc1ccc(C)s1)C(=O)C1CCC1. The molecule has 1 aliphatic rings. The van der Waals surface area contributed by atoms with Gasteiger partial charge in [-0.15, -0.1) is 11.3 Å². The van der Waals surface area contributed by atoms with Crippen molar-refractivity contribution < 1.29 is 9.59 Å². The van der Waals surface area contributed by atoms with Crippen molar-refractivity contribution in [2.24, 2.45) is 5.92 Å². The summed E-state index contributed by atoms with van der Waals surface area (Å²) in [7, 11) is 0. The fourth-order valence-electron chi connectivity index (χ4n) is 3.59. The van der Waals surface area contributed by atoms with Gasteiger partial charge in [0.25, 0.3) is 0 Å². The maximum Gasteiger partial charge on any atom is 0.242 e. The quantitative estimate of drug-likeness (QED) is 0.550. The first-order valence-corrected chi connectivity index (χ1v) is 11.5. The molecule has 0 aliphatic heterocycles. The summed E-state index contributed by atoms with van der Waals surface area (Å²) in [6.07, 6.45) is 5.03. The highest BCUT2D eigenvalue weighted by Crippen LogP contribution is 2.28. The predicted molar refractivity (Wildman–Crippen MR) is 119 cm³/mol. The molecule has 1 aliphatic carbocycles. The topological polar surface area (TPSA) is 40.6 Å². The second-order valence-corrected chi connectivity index (χ2v) is 9.36. The van der Waals surface area contributed by atoms with Gasteiger partial charge in [-0.05, 0) is 43.9 Å². The van der Waals surface area contributed by atoms with E-state index in [2.05, 4.69) is 26.0 Å². The van der Waals surface area contributed by atoms with Crippen molar-refractivity contribution in [3.05, 3.63) is 57.8 Å². The van der Waals surface area contributed by atoms with Crippen molar-refractivity contribution in [1.82, 2.24) is 9.80 Å². The standard InChI is InChI=1S/C24H32N2O2S/c1-3-4-15-25(24(28)21-11-8-12-21)18-23(27)26(16-20-9-6-5-7-10-20)17-22-14-13-19(2)29-22/h5-7,9-10,13-14,21H,3-4,8,11-12,15-18H2,1-2H3. The minimum absolute atomic E-state index is 0.0312. The van der Waals surface area contributed by atoms with Crippen LogP contribution in [0.2, 0.25) is 0 Å². The van der Waals surface area contributed by atoms with Crippen LogP contribution in [0, 0.1) is 12.8 Å². The third-order valence-electron chi connectivity index (χ3n) is 5.59. The summed E-state index contributed by atoms with van der Waals surface area (Å²) in [6, 6.07) is 14.3. The predicted octanol–water partition coefficient (Wildman–Crippen LogP) is 5.01. The van der Waals surface area contributed by atoms with Gasteiger partial charge in [-0.25, -0.2) is 0 Å². The lowest BCUT2D eigenvalue weighted by atomic mass is 9.84. The summed E-state index contributed by atoms with van der Waals surface area (Å²) in [5, 5.41) is 0. The molecule has 0 N–H and O–H groups in total. The summed E-state index contributed by atoms with van der Waals surface area (Å²) >= 11 is 1.73. The van der Waals surface area contributed by atoms with E-state index in [9.17, 15) is 9.59 Å². The third kappa shape index (κ3) is 6.17. The van der Waals surface area contributed by atoms with E-state index in [-0.39, 0.29) is 24.3 Å². The lowest BCUT2D eigenvalue weighted by molar-refractivity contribution is -0.145. The number of benzene rings is 1. The molecule has 29 heavy (non-hydrogen) atoms. The number of carbonyl (C=O) groups excluding carboxylic acids is 2. The second kappa shape index (κ2) is 10.6.